The second-order valence-corrected chi connectivity index (χ2v) is 6.54. The van der Waals surface area contributed by atoms with Crippen molar-refractivity contribution in [1.82, 2.24) is 14.8 Å². The van der Waals surface area contributed by atoms with E-state index in [0.29, 0.717) is 17.8 Å². The molecule has 6 heteroatoms. The average molecular weight is 294 g/mol. The lowest BCUT2D eigenvalue weighted by atomic mass is 9.92. The Kier molecular flexibility index (Phi) is 3.94. The summed E-state index contributed by atoms with van der Waals surface area (Å²) in [5, 5.41) is 5.87. The van der Waals surface area contributed by atoms with Crippen LogP contribution >= 0.6 is 11.3 Å². The van der Waals surface area contributed by atoms with Gasteiger partial charge in [0.2, 0.25) is 0 Å². The average Bonchev–Trinajstić information content (AvgIpc) is 2.86. The van der Waals surface area contributed by atoms with Crippen LogP contribution in [-0.2, 0) is 0 Å². The Morgan fingerprint density at radius 3 is 2.80 bits per heavy atom. The first-order valence-electron chi connectivity index (χ1n) is 7.39. The zero-order valence-corrected chi connectivity index (χ0v) is 12.9. The minimum atomic E-state index is 0.0930. The number of hydrogen-bond acceptors (Lipinski definition) is 5. The van der Waals surface area contributed by atoms with E-state index in [1.54, 1.807) is 0 Å². The summed E-state index contributed by atoms with van der Waals surface area (Å²) in [6.45, 7) is 4.56. The largest absolute Gasteiger partial charge is 0.362 e. The number of likely N-dealkylation sites (N-methyl/N-ethyl adjacent to an activating group) is 1. The maximum atomic E-state index is 12.6. The van der Waals surface area contributed by atoms with E-state index < -0.39 is 0 Å². The number of amides is 1. The third kappa shape index (κ3) is 2.54. The molecule has 0 aliphatic carbocycles. The molecule has 3 heterocycles. The normalized spacial score (nSPS) is 26.6. The minimum Gasteiger partial charge on any atom is -0.362 e. The summed E-state index contributed by atoms with van der Waals surface area (Å²) in [6, 6.07) is 1.05. The maximum absolute atomic E-state index is 12.6. The van der Waals surface area contributed by atoms with Crippen LogP contribution in [0.1, 0.15) is 36.7 Å². The summed E-state index contributed by atoms with van der Waals surface area (Å²) in [5.41, 5.74) is 0.591. The third-order valence-corrected chi connectivity index (χ3v) is 5.23. The van der Waals surface area contributed by atoms with Crippen LogP contribution in [0.4, 0.5) is 5.13 Å². The van der Waals surface area contributed by atoms with Crippen molar-refractivity contribution in [2.24, 2.45) is 0 Å². The van der Waals surface area contributed by atoms with Crippen molar-refractivity contribution in [2.75, 3.05) is 32.0 Å². The second-order valence-electron chi connectivity index (χ2n) is 5.68. The number of piperidine rings is 1. The van der Waals surface area contributed by atoms with Gasteiger partial charge in [-0.1, -0.05) is 6.42 Å². The highest BCUT2D eigenvalue weighted by atomic mass is 32.1. The topological polar surface area (TPSA) is 48.5 Å². The molecular weight excluding hydrogens is 272 g/mol. The van der Waals surface area contributed by atoms with Crippen molar-refractivity contribution >= 4 is 22.4 Å². The fraction of sp³-hybridized carbons (Fsp3) is 0.714. The molecule has 1 aromatic rings. The van der Waals surface area contributed by atoms with Gasteiger partial charge in [-0.15, -0.1) is 11.3 Å². The van der Waals surface area contributed by atoms with Crippen molar-refractivity contribution in [3.63, 3.8) is 0 Å². The molecule has 0 saturated carbocycles. The highest BCUT2D eigenvalue weighted by Gasteiger charge is 2.37. The maximum Gasteiger partial charge on any atom is 0.273 e. The Balaban J connectivity index is 1.70. The molecule has 2 bridgehead atoms. The molecular formula is C14H22N4OS. The predicted octanol–water partition coefficient (Wildman–Crippen LogP) is 1.88. The van der Waals surface area contributed by atoms with E-state index in [1.165, 1.54) is 30.6 Å². The highest BCUT2D eigenvalue weighted by molar-refractivity contribution is 7.13. The Hall–Kier alpha value is -1.14. The first-order chi connectivity index (χ1) is 9.69. The molecule has 2 aliphatic heterocycles. The lowest BCUT2D eigenvalue weighted by Gasteiger charge is -2.48. The van der Waals surface area contributed by atoms with Gasteiger partial charge >= 0.3 is 0 Å². The van der Waals surface area contributed by atoms with Gasteiger partial charge in [-0.2, -0.15) is 0 Å². The molecule has 0 aromatic carbocycles. The third-order valence-electron chi connectivity index (χ3n) is 4.43. The number of rotatable bonds is 3. The Labute approximate surface area is 124 Å². The molecule has 2 saturated heterocycles. The smallest absolute Gasteiger partial charge is 0.273 e. The molecule has 3 rings (SSSR count). The first-order valence-corrected chi connectivity index (χ1v) is 8.27. The van der Waals surface area contributed by atoms with E-state index in [-0.39, 0.29) is 5.91 Å². The van der Waals surface area contributed by atoms with Crippen LogP contribution in [0, 0.1) is 0 Å². The summed E-state index contributed by atoms with van der Waals surface area (Å²) in [4.78, 5) is 21.4. The molecule has 20 heavy (non-hydrogen) atoms. The van der Waals surface area contributed by atoms with Gasteiger partial charge in [-0.3, -0.25) is 9.69 Å². The van der Waals surface area contributed by atoms with Gasteiger partial charge in [0, 0.05) is 37.1 Å². The minimum absolute atomic E-state index is 0.0930. The molecule has 1 N–H and O–H groups in total. The molecule has 1 aromatic heterocycles. The summed E-state index contributed by atoms with van der Waals surface area (Å²) in [5.74, 6) is 0.0930. The Bertz CT molecular complexity index is 475. The number of anilines is 1. The lowest BCUT2D eigenvalue weighted by Crippen LogP contribution is -2.60. The molecule has 2 unspecified atom stereocenters. The zero-order valence-electron chi connectivity index (χ0n) is 12.1. The van der Waals surface area contributed by atoms with Crippen LogP contribution in [0.5, 0.6) is 0 Å². The van der Waals surface area contributed by atoms with E-state index >= 15 is 0 Å². The zero-order chi connectivity index (χ0) is 14.1. The molecule has 0 spiro atoms. The Morgan fingerprint density at radius 1 is 1.45 bits per heavy atom. The number of thiazole rings is 1. The second kappa shape index (κ2) is 5.69. The number of carbonyl (C=O) groups is 1. The highest BCUT2D eigenvalue weighted by Crippen LogP contribution is 2.28. The number of carbonyl (C=O) groups excluding carboxylic acids is 1. The van der Waals surface area contributed by atoms with Gasteiger partial charge in [-0.05, 0) is 26.8 Å². The molecule has 2 atom stereocenters. The Morgan fingerprint density at radius 2 is 2.15 bits per heavy atom. The number of piperazine rings is 1. The molecule has 2 fully saturated rings. The fourth-order valence-electron chi connectivity index (χ4n) is 3.25. The van der Waals surface area contributed by atoms with Crippen LogP contribution in [0.2, 0.25) is 0 Å². The van der Waals surface area contributed by atoms with E-state index in [0.717, 1.165) is 24.8 Å². The SMILES string of the molecule is CCNc1nc(C(=O)N2CC3CCCC(C2)N3C)cs1. The van der Waals surface area contributed by atoms with E-state index in [9.17, 15) is 4.79 Å². The number of fused-ring (bicyclic) bond motifs is 2. The lowest BCUT2D eigenvalue weighted by molar-refractivity contribution is 0.0109. The predicted molar refractivity (Wildman–Crippen MR) is 81.4 cm³/mol. The van der Waals surface area contributed by atoms with E-state index in [2.05, 4.69) is 22.2 Å². The summed E-state index contributed by atoms with van der Waals surface area (Å²) < 4.78 is 0. The standard InChI is InChI=1S/C14H22N4OS/c1-3-15-14-16-12(9-20-14)13(19)18-7-10-5-4-6-11(8-18)17(10)2/h9-11H,3-8H2,1-2H3,(H,15,16). The number of nitrogens with one attached hydrogen (secondary N) is 1. The summed E-state index contributed by atoms with van der Waals surface area (Å²) in [6.07, 6.45) is 3.70. The van der Waals surface area contributed by atoms with Gasteiger partial charge in [0.25, 0.3) is 5.91 Å². The number of nitrogens with zero attached hydrogens (tertiary/aromatic N) is 3. The molecule has 110 valence electrons. The molecule has 5 nitrogen and oxygen atoms in total. The van der Waals surface area contributed by atoms with Crippen molar-refractivity contribution < 1.29 is 4.79 Å². The van der Waals surface area contributed by atoms with Crippen LogP contribution in [0.25, 0.3) is 0 Å². The number of likely N-dealkylation sites (tertiary alicyclic amines) is 1. The summed E-state index contributed by atoms with van der Waals surface area (Å²) in [7, 11) is 2.20. The van der Waals surface area contributed by atoms with Gasteiger partial charge < -0.3 is 10.2 Å². The van der Waals surface area contributed by atoms with Gasteiger partial charge in [0.15, 0.2) is 5.13 Å². The summed E-state index contributed by atoms with van der Waals surface area (Å²) >= 11 is 1.51. The number of aromatic nitrogens is 1. The van der Waals surface area contributed by atoms with Crippen LogP contribution < -0.4 is 5.32 Å². The molecule has 2 aliphatic rings. The van der Waals surface area contributed by atoms with Gasteiger partial charge in [0.1, 0.15) is 5.69 Å². The van der Waals surface area contributed by atoms with Crippen molar-refractivity contribution in [1.29, 1.82) is 0 Å². The monoisotopic (exact) mass is 294 g/mol. The van der Waals surface area contributed by atoms with Gasteiger partial charge in [-0.25, -0.2) is 4.98 Å². The van der Waals surface area contributed by atoms with Crippen molar-refractivity contribution in [2.45, 2.75) is 38.3 Å². The van der Waals surface area contributed by atoms with Crippen LogP contribution in [0.3, 0.4) is 0 Å². The quantitative estimate of drug-likeness (QED) is 0.925. The van der Waals surface area contributed by atoms with E-state index in [1.807, 2.05) is 17.2 Å². The molecule has 0 radical (unpaired) electrons. The fourth-order valence-corrected chi connectivity index (χ4v) is 4.01. The van der Waals surface area contributed by atoms with Gasteiger partial charge in [0.05, 0.1) is 0 Å². The van der Waals surface area contributed by atoms with Crippen molar-refractivity contribution in [3.8, 4) is 0 Å². The van der Waals surface area contributed by atoms with Crippen molar-refractivity contribution in [3.05, 3.63) is 11.1 Å². The van der Waals surface area contributed by atoms with E-state index in [4.69, 9.17) is 0 Å². The molecule has 1 amide bonds. The number of hydrogen-bond donors (Lipinski definition) is 1. The first kappa shape index (κ1) is 13.8. The van der Waals surface area contributed by atoms with Crippen LogP contribution in [-0.4, -0.2) is 59.5 Å². The van der Waals surface area contributed by atoms with Crippen LogP contribution in [0.15, 0.2) is 5.38 Å².